The Balaban J connectivity index is 1.92. The molecule has 0 radical (unpaired) electrons. The second-order valence-corrected chi connectivity index (χ2v) is 3.48. The van der Waals surface area contributed by atoms with Crippen molar-refractivity contribution in [3.8, 4) is 6.07 Å². The molecule has 0 amide bonds. The van der Waals surface area contributed by atoms with Crippen LogP contribution in [0, 0.1) is 11.3 Å². The molecule has 5 heteroatoms. The zero-order valence-electron chi connectivity index (χ0n) is 8.50. The van der Waals surface area contributed by atoms with Gasteiger partial charge in [-0.3, -0.25) is 9.88 Å². The van der Waals surface area contributed by atoms with Crippen LogP contribution in [0.5, 0.6) is 0 Å². The van der Waals surface area contributed by atoms with E-state index in [1.807, 2.05) is 0 Å². The van der Waals surface area contributed by atoms with Crippen LogP contribution in [-0.2, 0) is 0 Å². The molecule has 0 N–H and O–H groups in total. The lowest BCUT2D eigenvalue weighted by Crippen LogP contribution is -2.46. The van der Waals surface area contributed by atoms with E-state index in [1.165, 1.54) is 0 Å². The third kappa shape index (κ3) is 2.42. The average Bonchev–Trinajstić information content (AvgIpc) is 2.32. The summed E-state index contributed by atoms with van der Waals surface area (Å²) in [5, 5.41) is 8.57. The highest BCUT2D eigenvalue weighted by molar-refractivity contribution is 5.35. The van der Waals surface area contributed by atoms with E-state index >= 15 is 0 Å². The molecule has 0 unspecified atom stereocenters. The molecular formula is C10H13N5. The smallest absolute Gasteiger partial charge is 0.147 e. The third-order valence-corrected chi connectivity index (χ3v) is 2.54. The van der Waals surface area contributed by atoms with Crippen molar-refractivity contribution in [2.75, 3.05) is 37.6 Å². The Morgan fingerprint density at radius 3 is 2.67 bits per heavy atom. The molecule has 1 fully saturated rings. The van der Waals surface area contributed by atoms with Gasteiger partial charge in [0.15, 0.2) is 0 Å². The minimum atomic E-state index is 0.522. The van der Waals surface area contributed by atoms with Gasteiger partial charge in [0, 0.05) is 38.6 Å². The normalized spacial score (nSPS) is 17.4. The number of hydrogen-bond donors (Lipinski definition) is 0. The molecule has 1 aromatic heterocycles. The van der Waals surface area contributed by atoms with Crippen molar-refractivity contribution in [2.45, 2.75) is 0 Å². The van der Waals surface area contributed by atoms with E-state index in [1.54, 1.807) is 18.6 Å². The first kappa shape index (κ1) is 9.87. The van der Waals surface area contributed by atoms with Crippen LogP contribution >= 0.6 is 0 Å². The molecule has 5 nitrogen and oxygen atoms in total. The van der Waals surface area contributed by atoms with Gasteiger partial charge in [0.1, 0.15) is 5.82 Å². The van der Waals surface area contributed by atoms with Crippen molar-refractivity contribution in [3.63, 3.8) is 0 Å². The van der Waals surface area contributed by atoms with E-state index in [9.17, 15) is 0 Å². The van der Waals surface area contributed by atoms with Crippen molar-refractivity contribution in [1.82, 2.24) is 14.9 Å². The fourth-order valence-corrected chi connectivity index (χ4v) is 1.69. The van der Waals surface area contributed by atoms with Gasteiger partial charge in [0.25, 0.3) is 0 Å². The molecule has 2 heterocycles. The first-order chi connectivity index (χ1) is 7.40. The highest BCUT2D eigenvalue weighted by Gasteiger charge is 2.17. The van der Waals surface area contributed by atoms with E-state index in [0.29, 0.717) is 6.54 Å². The van der Waals surface area contributed by atoms with Gasteiger partial charge in [-0.05, 0) is 0 Å². The van der Waals surface area contributed by atoms with Crippen molar-refractivity contribution in [2.24, 2.45) is 0 Å². The molecule has 0 aromatic carbocycles. The molecule has 2 rings (SSSR count). The van der Waals surface area contributed by atoms with Crippen LogP contribution in [0.15, 0.2) is 18.6 Å². The lowest BCUT2D eigenvalue weighted by Gasteiger charge is -2.33. The van der Waals surface area contributed by atoms with Crippen LogP contribution in [0.2, 0.25) is 0 Å². The zero-order chi connectivity index (χ0) is 10.5. The summed E-state index contributed by atoms with van der Waals surface area (Å²) >= 11 is 0. The highest BCUT2D eigenvalue weighted by Crippen LogP contribution is 2.10. The van der Waals surface area contributed by atoms with Gasteiger partial charge in [-0.2, -0.15) is 5.26 Å². The van der Waals surface area contributed by atoms with Crippen LogP contribution in [-0.4, -0.2) is 47.6 Å². The number of anilines is 1. The summed E-state index contributed by atoms with van der Waals surface area (Å²) in [6, 6.07) is 2.17. The van der Waals surface area contributed by atoms with Crippen LogP contribution in [0.3, 0.4) is 0 Å². The first-order valence-electron chi connectivity index (χ1n) is 5.00. The lowest BCUT2D eigenvalue weighted by molar-refractivity contribution is 0.286. The summed E-state index contributed by atoms with van der Waals surface area (Å²) in [4.78, 5) is 12.6. The minimum Gasteiger partial charge on any atom is -0.353 e. The maximum absolute atomic E-state index is 8.57. The molecule has 0 saturated carbocycles. The molecule has 1 aliphatic rings. The molecule has 15 heavy (non-hydrogen) atoms. The number of nitrogens with zero attached hydrogens (tertiary/aromatic N) is 5. The number of piperazine rings is 1. The SMILES string of the molecule is N#CCN1CCN(c2cnccn2)CC1. The maximum atomic E-state index is 8.57. The molecule has 78 valence electrons. The summed E-state index contributed by atoms with van der Waals surface area (Å²) in [6.45, 7) is 4.20. The second-order valence-electron chi connectivity index (χ2n) is 3.48. The Bertz CT molecular complexity index is 337. The summed E-state index contributed by atoms with van der Waals surface area (Å²) < 4.78 is 0. The van der Waals surface area contributed by atoms with Crippen LogP contribution in [0.25, 0.3) is 0 Å². The van der Waals surface area contributed by atoms with Gasteiger partial charge in [0.2, 0.25) is 0 Å². The molecule has 1 aromatic rings. The predicted octanol–water partition coefficient (Wildman–Crippen LogP) is 0.122. The van der Waals surface area contributed by atoms with Gasteiger partial charge in [-0.1, -0.05) is 0 Å². The number of nitriles is 1. The predicted molar refractivity (Wildman–Crippen MR) is 56.3 cm³/mol. The quantitative estimate of drug-likeness (QED) is 0.639. The topological polar surface area (TPSA) is 56.1 Å². The van der Waals surface area contributed by atoms with Crippen molar-refractivity contribution in [1.29, 1.82) is 5.26 Å². The van der Waals surface area contributed by atoms with Gasteiger partial charge >= 0.3 is 0 Å². The Morgan fingerprint density at radius 2 is 2.07 bits per heavy atom. The molecule has 0 bridgehead atoms. The Morgan fingerprint density at radius 1 is 1.27 bits per heavy atom. The number of aromatic nitrogens is 2. The molecule has 1 aliphatic heterocycles. The molecular weight excluding hydrogens is 190 g/mol. The number of rotatable bonds is 2. The largest absolute Gasteiger partial charge is 0.353 e. The number of hydrogen-bond acceptors (Lipinski definition) is 5. The van der Waals surface area contributed by atoms with Crippen molar-refractivity contribution < 1.29 is 0 Å². The second kappa shape index (κ2) is 4.71. The van der Waals surface area contributed by atoms with E-state index < -0.39 is 0 Å². The van der Waals surface area contributed by atoms with E-state index in [4.69, 9.17) is 5.26 Å². The third-order valence-electron chi connectivity index (χ3n) is 2.54. The van der Waals surface area contributed by atoms with E-state index in [2.05, 4.69) is 25.8 Å². The van der Waals surface area contributed by atoms with Gasteiger partial charge in [-0.15, -0.1) is 0 Å². The molecule has 0 atom stereocenters. The van der Waals surface area contributed by atoms with Crippen molar-refractivity contribution >= 4 is 5.82 Å². The molecule has 1 saturated heterocycles. The summed E-state index contributed by atoms with van der Waals surface area (Å²) in [5.41, 5.74) is 0. The fraction of sp³-hybridized carbons (Fsp3) is 0.500. The monoisotopic (exact) mass is 203 g/mol. The van der Waals surface area contributed by atoms with E-state index in [0.717, 1.165) is 32.0 Å². The van der Waals surface area contributed by atoms with Crippen LogP contribution < -0.4 is 4.90 Å². The van der Waals surface area contributed by atoms with Crippen molar-refractivity contribution in [3.05, 3.63) is 18.6 Å². The zero-order valence-corrected chi connectivity index (χ0v) is 8.50. The Labute approximate surface area is 89.0 Å². The lowest BCUT2D eigenvalue weighted by atomic mass is 10.3. The summed E-state index contributed by atoms with van der Waals surface area (Å²) in [7, 11) is 0. The van der Waals surface area contributed by atoms with Gasteiger partial charge < -0.3 is 4.90 Å². The first-order valence-corrected chi connectivity index (χ1v) is 5.00. The van der Waals surface area contributed by atoms with Crippen LogP contribution in [0.4, 0.5) is 5.82 Å². The Kier molecular flexibility index (Phi) is 3.10. The minimum absolute atomic E-state index is 0.522. The summed E-state index contributed by atoms with van der Waals surface area (Å²) in [6.07, 6.45) is 5.16. The summed E-state index contributed by atoms with van der Waals surface area (Å²) in [5.74, 6) is 0.925. The van der Waals surface area contributed by atoms with Gasteiger partial charge in [-0.25, -0.2) is 4.98 Å². The maximum Gasteiger partial charge on any atom is 0.147 e. The molecule has 0 aliphatic carbocycles. The van der Waals surface area contributed by atoms with E-state index in [-0.39, 0.29) is 0 Å². The average molecular weight is 203 g/mol. The fourth-order valence-electron chi connectivity index (χ4n) is 1.69. The highest BCUT2D eigenvalue weighted by atomic mass is 15.3. The Hall–Kier alpha value is -1.67. The van der Waals surface area contributed by atoms with Crippen LogP contribution in [0.1, 0.15) is 0 Å². The molecule has 0 spiro atoms. The van der Waals surface area contributed by atoms with Gasteiger partial charge in [0.05, 0.1) is 18.8 Å². The standard InChI is InChI=1S/C10H13N5/c11-1-4-14-5-7-15(8-6-14)10-9-12-2-3-13-10/h2-3,9H,4-8H2.